The first-order valence-corrected chi connectivity index (χ1v) is 8.04. The average Bonchev–Trinajstić information content (AvgIpc) is 2.52. The first kappa shape index (κ1) is 17.5. The van der Waals surface area contributed by atoms with E-state index in [1.807, 2.05) is 19.9 Å². The number of rotatable bonds is 5. The summed E-state index contributed by atoms with van der Waals surface area (Å²) in [6.07, 6.45) is 7.94. The van der Waals surface area contributed by atoms with Crippen LogP contribution in [0.1, 0.15) is 33.1 Å². The van der Waals surface area contributed by atoms with Crippen molar-refractivity contribution in [3.05, 3.63) is 24.6 Å². The molecule has 0 unspecified atom stereocenters. The van der Waals surface area contributed by atoms with Gasteiger partial charge in [-0.15, -0.1) is 0 Å². The van der Waals surface area contributed by atoms with E-state index in [1.165, 1.54) is 19.3 Å². The van der Waals surface area contributed by atoms with Crippen molar-refractivity contribution in [2.45, 2.75) is 44.7 Å². The molecule has 0 N–H and O–H groups in total. The van der Waals surface area contributed by atoms with Gasteiger partial charge >= 0.3 is 0 Å². The van der Waals surface area contributed by atoms with Crippen LogP contribution in [0.2, 0.25) is 0 Å². The van der Waals surface area contributed by atoms with E-state index in [0.29, 0.717) is 6.61 Å². The van der Waals surface area contributed by atoms with E-state index < -0.39 is 11.6 Å². The Bertz CT molecular complexity index is 430. The van der Waals surface area contributed by atoms with E-state index in [1.54, 1.807) is 14.2 Å². The normalized spacial score (nSPS) is 36.8. The second-order valence-electron chi connectivity index (χ2n) is 6.48. The molecular weight excluding hydrogens is 282 g/mol. The Hall–Kier alpha value is -0.880. The lowest BCUT2D eigenvalue weighted by molar-refractivity contribution is -0.879. The van der Waals surface area contributed by atoms with Crippen LogP contribution >= 0.6 is 0 Å². The van der Waals surface area contributed by atoms with E-state index in [4.69, 9.17) is 18.9 Å². The molecule has 2 fully saturated rings. The highest BCUT2D eigenvalue weighted by atomic mass is 16.8. The van der Waals surface area contributed by atoms with Gasteiger partial charge in [-0.1, -0.05) is 6.58 Å². The third kappa shape index (κ3) is 3.23. The third-order valence-electron chi connectivity index (χ3n) is 5.04. The van der Waals surface area contributed by atoms with Crippen LogP contribution in [0.15, 0.2) is 24.6 Å². The number of nitrogens with zero attached hydrogens (tertiary/aromatic N) is 1. The van der Waals surface area contributed by atoms with E-state index >= 15 is 0 Å². The van der Waals surface area contributed by atoms with Gasteiger partial charge in [0.15, 0.2) is 5.76 Å². The van der Waals surface area contributed by atoms with Crippen LogP contribution in [0.4, 0.5) is 0 Å². The van der Waals surface area contributed by atoms with Crippen LogP contribution in [-0.2, 0) is 18.9 Å². The maximum Gasteiger partial charge on any atom is 0.261 e. The summed E-state index contributed by atoms with van der Waals surface area (Å²) in [5.41, 5.74) is 0. The predicted octanol–water partition coefficient (Wildman–Crippen LogP) is 2.79. The summed E-state index contributed by atoms with van der Waals surface area (Å²) in [6.45, 7) is 11.1. The molecule has 0 spiro atoms. The van der Waals surface area contributed by atoms with Crippen molar-refractivity contribution in [1.82, 2.24) is 0 Å². The second-order valence-corrected chi connectivity index (χ2v) is 6.48. The Morgan fingerprint density at radius 3 is 2.32 bits per heavy atom. The van der Waals surface area contributed by atoms with Crippen LogP contribution in [0.5, 0.6) is 0 Å². The summed E-state index contributed by atoms with van der Waals surface area (Å²) in [5.74, 6) is -1.09. The van der Waals surface area contributed by atoms with Gasteiger partial charge in [-0.2, -0.15) is 0 Å². The molecule has 2 heterocycles. The van der Waals surface area contributed by atoms with Gasteiger partial charge in [0.05, 0.1) is 13.1 Å². The number of methoxy groups -OCH3 is 2. The number of hydrogen-bond donors (Lipinski definition) is 0. The van der Waals surface area contributed by atoms with Gasteiger partial charge in [0.25, 0.3) is 5.79 Å². The molecule has 5 nitrogen and oxygen atoms in total. The number of likely N-dealkylation sites (tertiary alicyclic amines) is 1. The molecule has 2 rings (SSSR count). The van der Waals surface area contributed by atoms with Crippen LogP contribution in [-0.4, -0.2) is 56.5 Å². The SMILES string of the molecule is C=CC[N+]1(/C=C2\CO[C@@](C)(OC)[C@](C)(OC)O2)CCCCC1. The molecule has 0 aromatic heterocycles. The molecule has 0 aliphatic carbocycles. The van der Waals surface area contributed by atoms with E-state index in [2.05, 4.69) is 12.8 Å². The molecule has 22 heavy (non-hydrogen) atoms. The minimum atomic E-state index is -0.972. The molecule has 2 aliphatic rings. The fourth-order valence-electron chi connectivity index (χ4n) is 3.32. The third-order valence-corrected chi connectivity index (χ3v) is 5.04. The maximum atomic E-state index is 6.14. The van der Waals surface area contributed by atoms with E-state index in [0.717, 1.165) is 29.9 Å². The minimum absolute atomic E-state index is 0.389. The smallest absolute Gasteiger partial charge is 0.261 e. The summed E-state index contributed by atoms with van der Waals surface area (Å²) in [6, 6.07) is 0. The molecule has 0 aromatic carbocycles. The molecule has 0 saturated carbocycles. The lowest BCUT2D eigenvalue weighted by Crippen LogP contribution is -2.60. The number of hydrogen-bond acceptors (Lipinski definition) is 4. The quantitative estimate of drug-likeness (QED) is 0.578. The highest BCUT2D eigenvalue weighted by Crippen LogP contribution is 2.38. The van der Waals surface area contributed by atoms with Crippen LogP contribution in [0.25, 0.3) is 0 Å². The number of piperidine rings is 1. The molecule has 0 radical (unpaired) electrons. The topological polar surface area (TPSA) is 36.9 Å². The van der Waals surface area contributed by atoms with Gasteiger partial charge in [-0.3, -0.25) is 4.48 Å². The van der Waals surface area contributed by atoms with Crippen molar-refractivity contribution >= 4 is 0 Å². The maximum absolute atomic E-state index is 6.14. The zero-order chi connectivity index (χ0) is 16.3. The van der Waals surface area contributed by atoms with E-state index in [9.17, 15) is 0 Å². The summed E-state index contributed by atoms with van der Waals surface area (Å²) < 4.78 is 24.0. The molecule has 0 bridgehead atoms. The lowest BCUT2D eigenvalue weighted by Gasteiger charge is -2.47. The minimum Gasteiger partial charge on any atom is -0.453 e. The summed E-state index contributed by atoms with van der Waals surface area (Å²) >= 11 is 0. The van der Waals surface area contributed by atoms with Crippen molar-refractivity contribution in [3.8, 4) is 0 Å². The standard InChI is InChI=1S/C17H30NO4/c1-6-10-18(11-8-7-9-12-18)13-15-14-21-16(2,19-4)17(3,20-5)22-15/h6,13H,1,7-12,14H2,2-5H3/q+1/b15-13+/t16-,17-/m1/s1. The molecule has 126 valence electrons. The van der Waals surface area contributed by atoms with Crippen molar-refractivity contribution in [3.63, 3.8) is 0 Å². The Labute approximate surface area is 134 Å². The Morgan fingerprint density at radius 1 is 1.14 bits per heavy atom. The van der Waals surface area contributed by atoms with Gasteiger partial charge in [-0.05, 0) is 32.3 Å². The molecule has 5 heteroatoms. The van der Waals surface area contributed by atoms with Crippen molar-refractivity contribution < 1.29 is 23.4 Å². The highest BCUT2D eigenvalue weighted by Gasteiger charge is 2.53. The molecule has 2 atom stereocenters. The molecule has 0 aromatic rings. The van der Waals surface area contributed by atoms with Crippen LogP contribution in [0, 0.1) is 0 Å². The molecule has 2 aliphatic heterocycles. The predicted molar refractivity (Wildman–Crippen MR) is 84.9 cm³/mol. The van der Waals surface area contributed by atoms with Crippen molar-refractivity contribution in [2.75, 3.05) is 40.5 Å². The zero-order valence-electron chi connectivity index (χ0n) is 14.4. The fraction of sp³-hybridized carbons (Fsp3) is 0.765. The second kappa shape index (κ2) is 6.71. The number of ether oxygens (including phenoxy) is 4. The van der Waals surface area contributed by atoms with Gasteiger partial charge in [0, 0.05) is 21.1 Å². The van der Waals surface area contributed by atoms with Crippen LogP contribution in [0.3, 0.4) is 0 Å². The van der Waals surface area contributed by atoms with Gasteiger partial charge < -0.3 is 18.9 Å². The molecule has 0 amide bonds. The molecule has 2 saturated heterocycles. The lowest BCUT2D eigenvalue weighted by atomic mass is 10.1. The summed E-state index contributed by atoms with van der Waals surface area (Å²) in [5, 5.41) is 0. The molecular formula is C17H30NO4+. The number of quaternary nitrogens is 1. The van der Waals surface area contributed by atoms with Crippen molar-refractivity contribution in [1.29, 1.82) is 0 Å². The first-order chi connectivity index (χ1) is 10.4. The zero-order valence-corrected chi connectivity index (χ0v) is 14.4. The summed E-state index contributed by atoms with van der Waals surface area (Å²) in [4.78, 5) is 0. The highest BCUT2D eigenvalue weighted by molar-refractivity contribution is 5.00. The van der Waals surface area contributed by atoms with Gasteiger partial charge in [-0.25, -0.2) is 0 Å². The average molecular weight is 312 g/mol. The van der Waals surface area contributed by atoms with Gasteiger partial charge in [0.2, 0.25) is 5.79 Å². The van der Waals surface area contributed by atoms with E-state index in [-0.39, 0.29) is 0 Å². The first-order valence-electron chi connectivity index (χ1n) is 8.04. The fourth-order valence-corrected chi connectivity index (χ4v) is 3.32. The van der Waals surface area contributed by atoms with Gasteiger partial charge in [0.1, 0.15) is 19.4 Å². The summed E-state index contributed by atoms with van der Waals surface area (Å²) in [7, 11) is 3.21. The van der Waals surface area contributed by atoms with Crippen molar-refractivity contribution in [2.24, 2.45) is 0 Å². The Balaban J connectivity index is 2.23. The van der Waals surface area contributed by atoms with Crippen LogP contribution < -0.4 is 0 Å². The Morgan fingerprint density at radius 2 is 1.77 bits per heavy atom. The monoisotopic (exact) mass is 312 g/mol. The largest absolute Gasteiger partial charge is 0.453 e. The Kier molecular flexibility index (Phi) is 5.33.